The zero-order valence-corrected chi connectivity index (χ0v) is 11.8. The lowest BCUT2D eigenvalue weighted by molar-refractivity contribution is 0.174. The van der Waals surface area contributed by atoms with Gasteiger partial charge in [0.05, 0.1) is 6.10 Å². The summed E-state index contributed by atoms with van der Waals surface area (Å²) in [6.07, 6.45) is 0.519. The molecule has 1 aromatic rings. The molecule has 108 valence electrons. The highest BCUT2D eigenvalue weighted by Crippen LogP contribution is 2.00. The highest BCUT2D eigenvalue weighted by molar-refractivity contribution is 7.89. The molecule has 0 radical (unpaired) electrons. The van der Waals surface area contributed by atoms with Gasteiger partial charge < -0.3 is 9.67 Å². The molecule has 19 heavy (non-hydrogen) atoms. The lowest BCUT2D eigenvalue weighted by Crippen LogP contribution is -2.42. The van der Waals surface area contributed by atoms with Crippen molar-refractivity contribution in [2.75, 3.05) is 6.54 Å². The van der Waals surface area contributed by atoms with Crippen molar-refractivity contribution in [2.24, 2.45) is 14.1 Å². The minimum atomic E-state index is -4.06. The molecular weight excluding hydrogens is 274 g/mol. The molecule has 0 aliphatic heterocycles. The van der Waals surface area contributed by atoms with Crippen LogP contribution in [0.2, 0.25) is 0 Å². The van der Waals surface area contributed by atoms with Gasteiger partial charge in [-0.3, -0.25) is 9.36 Å². The van der Waals surface area contributed by atoms with E-state index in [1.165, 1.54) is 14.1 Å². The smallest absolute Gasteiger partial charge is 0.330 e. The van der Waals surface area contributed by atoms with Gasteiger partial charge in [0, 0.05) is 26.8 Å². The fraction of sp³-hybridized carbons (Fsp3) is 0.600. The number of aliphatic hydroxyl groups excluding tert-OH is 1. The summed E-state index contributed by atoms with van der Waals surface area (Å²) in [6.45, 7) is 1.51. The molecule has 0 fully saturated rings. The first-order valence-corrected chi connectivity index (χ1v) is 7.13. The fourth-order valence-corrected chi connectivity index (χ4v) is 2.62. The Balaban J connectivity index is 3.24. The molecule has 0 amide bonds. The Bertz CT molecular complexity index is 673. The van der Waals surface area contributed by atoms with Crippen molar-refractivity contribution in [2.45, 2.75) is 24.3 Å². The van der Waals surface area contributed by atoms with Gasteiger partial charge in [0.2, 0.25) is 10.0 Å². The molecule has 1 atom stereocenters. The number of aromatic nitrogens is 2. The molecule has 1 unspecified atom stereocenters. The van der Waals surface area contributed by atoms with Gasteiger partial charge >= 0.3 is 5.69 Å². The lowest BCUT2D eigenvalue weighted by atomic mass is 10.3. The molecule has 9 heteroatoms. The molecule has 0 aliphatic rings. The SMILES string of the molecule is CCC(O)CNS(=O)(=O)c1cn(C)c(=O)n(C)c1=O. The standard InChI is InChI=1S/C10H17N3O5S/c1-4-7(14)5-11-19(17,18)8-6-12(2)10(16)13(3)9(8)15/h6-7,11,14H,4-5H2,1-3H3. The van der Waals surface area contributed by atoms with Crippen LogP contribution < -0.4 is 16.0 Å². The third-order valence-electron chi connectivity index (χ3n) is 2.68. The molecule has 0 spiro atoms. The highest BCUT2D eigenvalue weighted by atomic mass is 32.2. The molecule has 0 aromatic carbocycles. The van der Waals surface area contributed by atoms with Crippen LogP contribution in [-0.4, -0.2) is 35.3 Å². The van der Waals surface area contributed by atoms with Crippen LogP contribution in [0.1, 0.15) is 13.3 Å². The normalized spacial score (nSPS) is 13.5. The van der Waals surface area contributed by atoms with Crippen LogP contribution in [0.15, 0.2) is 20.7 Å². The lowest BCUT2D eigenvalue weighted by Gasteiger charge is -2.11. The summed E-state index contributed by atoms with van der Waals surface area (Å²) in [5, 5.41) is 9.33. The topological polar surface area (TPSA) is 110 Å². The van der Waals surface area contributed by atoms with Crippen LogP contribution in [0, 0.1) is 0 Å². The van der Waals surface area contributed by atoms with E-state index in [0.29, 0.717) is 11.0 Å². The molecule has 0 saturated carbocycles. The summed E-state index contributed by atoms with van der Waals surface area (Å²) in [5.74, 6) is 0. The van der Waals surface area contributed by atoms with E-state index in [0.717, 1.165) is 10.8 Å². The van der Waals surface area contributed by atoms with Gasteiger partial charge in [0.1, 0.15) is 0 Å². The minimum Gasteiger partial charge on any atom is -0.392 e. The van der Waals surface area contributed by atoms with E-state index in [-0.39, 0.29) is 6.54 Å². The maximum atomic E-state index is 11.9. The van der Waals surface area contributed by atoms with Crippen LogP contribution in [0.4, 0.5) is 0 Å². The Kier molecular flexibility index (Phi) is 4.66. The van der Waals surface area contributed by atoms with Crippen LogP contribution in [0.5, 0.6) is 0 Å². The van der Waals surface area contributed by atoms with E-state index >= 15 is 0 Å². The zero-order valence-electron chi connectivity index (χ0n) is 11.0. The highest BCUT2D eigenvalue weighted by Gasteiger charge is 2.21. The monoisotopic (exact) mass is 291 g/mol. The Morgan fingerprint density at radius 3 is 2.47 bits per heavy atom. The fourth-order valence-electron chi connectivity index (χ4n) is 1.39. The number of nitrogens with zero attached hydrogens (tertiary/aromatic N) is 2. The molecule has 0 saturated heterocycles. The van der Waals surface area contributed by atoms with Crippen molar-refractivity contribution in [3.05, 3.63) is 27.0 Å². The van der Waals surface area contributed by atoms with E-state index in [4.69, 9.17) is 0 Å². The number of rotatable bonds is 5. The van der Waals surface area contributed by atoms with Crippen LogP contribution in [-0.2, 0) is 24.1 Å². The zero-order chi connectivity index (χ0) is 14.8. The van der Waals surface area contributed by atoms with Crippen molar-refractivity contribution in [3.8, 4) is 0 Å². The van der Waals surface area contributed by atoms with E-state index in [9.17, 15) is 23.1 Å². The number of nitrogens with one attached hydrogen (secondary N) is 1. The van der Waals surface area contributed by atoms with Gasteiger partial charge in [0.25, 0.3) is 5.56 Å². The number of hydrogen-bond acceptors (Lipinski definition) is 5. The van der Waals surface area contributed by atoms with Gasteiger partial charge in [0.15, 0.2) is 4.90 Å². The average Bonchev–Trinajstić information content (AvgIpc) is 2.37. The van der Waals surface area contributed by atoms with Crippen LogP contribution in [0.3, 0.4) is 0 Å². The Morgan fingerprint density at radius 2 is 1.95 bits per heavy atom. The quantitative estimate of drug-likeness (QED) is 0.660. The van der Waals surface area contributed by atoms with Crippen molar-refractivity contribution < 1.29 is 13.5 Å². The third kappa shape index (κ3) is 3.31. The number of aryl methyl sites for hydroxylation is 1. The summed E-state index contributed by atoms with van der Waals surface area (Å²) in [7, 11) is -1.51. The minimum absolute atomic E-state index is 0.190. The number of hydrogen-bond donors (Lipinski definition) is 2. The van der Waals surface area contributed by atoms with E-state index in [1.54, 1.807) is 6.92 Å². The molecule has 1 aromatic heterocycles. The van der Waals surface area contributed by atoms with Gasteiger partial charge in [-0.2, -0.15) is 0 Å². The predicted molar refractivity (Wildman–Crippen MR) is 68.4 cm³/mol. The van der Waals surface area contributed by atoms with E-state index in [1.807, 2.05) is 0 Å². The second-order valence-corrected chi connectivity index (χ2v) is 5.90. The third-order valence-corrected chi connectivity index (χ3v) is 4.09. The molecule has 1 heterocycles. The van der Waals surface area contributed by atoms with E-state index in [2.05, 4.69) is 4.72 Å². The van der Waals surface area contributed by atoms with E-state index < -0.39 is 32.3 Å². The van der Waals surface area contributed by atoms with Gasteiger partial charge in [-0.25, -0.2) is 17.9 Å². The summed E-state index contributed by atoms with van der Waals surface area (Å²) >= 11 is 0. The summed E-state index contributed by atoms with van der Waals surface area (Å²) in [6, 6.07) is 0. The first-order valence-electron chi connectivity index (χ1n) is 5.65. The first-order chi connectivity index (χ1) is 8.70. The Morgan fingerprint density at radius 1 is 1.37 bits per heavy atom. The second-order valence-electron chi connectivity index (χ2n) is 4.16. The van der Waals surface area contributed by atoms with Gasteiger partial charge in [-0.15, -0.1) is 0 Å². The average molecular weight is 291 g/mol. The van der Waals surface area contributed by atoms with Crippen molar-refractivity contribution in [1.29, 1.82) is 0 Å². The Hall–Kier alpha value is -1.45. The summed E-state index contributed by atoms with van der Waals surface area (Å²) < 4.78 is 27.7. The number of sulfonamides is 1. The molecule has 0 bridgehead atoms. The summed E-state index contributed by atoms with van der Waals surface area (Å²) in [4.78, 5) is 22.7. The molecule has 8 nitrogen and oxygen atoms in total. The van der Waals surface area contributed by atoms with Crippen LogP contribution in [0.25, 0.3) is 0 Å². The summed E-state index contributed by atoms with van der Waals surface area (Å²) in [5.41, 5.74) is -1.51. The van der Waals surface area contributed by atoms with Crippen molar-refractivity contribution in [3.63, 3.8) is 0 Å². The second kappa shape index (κ2) is 5.68. The molecule has 2 N–H and O–H groups in total. The maximum absolute atomic E-state index is 11.9. The van der Waals surface area contributed by atoms with Gasteiger partial charge in [-0.1, -0.05) is 6.92 Å². The maximum Gasteiger partial charge on any atom is 0.330 e. The largest absolute Gasteiger partial charge is 0.392 e. The van der Waals surface area contributed by atoms with Crippen molar-refractivity contribution in [1.82, 2.24) is 13.9 Å². The van der Waals surface area contributed by atoms with Gasteiger partial charge in [-0.05, 0) is 6.42 Å². The molecule has 1 rings (SSSR count). The number of aliphatic hydroxyl groups is 1. The first kappa shape index (κ1) is 15.6. The predicted octanol–water partition coefficient (Wildman–Crippen LogP) is -1.87. The van der Waals surface area contributed by atoms with Crippen LogP contribution >= 0.6 is 0 Å². The molecule has 0 aliphatic carbocycles. The van der Waals surface area contributed by atoms with Crippen molar-refractivity contribution >= 4 is 10.0 Å². The molecular formula is C10H17N3O5S. The Labute approximate surface area is 110 Å².